The van der Waals surface area contributed by atoms with E-state index in [4.69, 9.17) is 9.68 Å². The first-order chi connectivity index (χ1) is 13.8. The topological polar surface area (TPSA) is 72.3 Å². The van der Waals surface area contributed by atoms with Crippen LogP contribution in [0, 0.1) is 0 Å². The molecule has 29 heavy (non-hydrogen) atoms. The second-order valence-electron chi connectivity index (χ2n) is 7.64. The lowest BCUT2D eigenvalue weighted by molar-refractivity contribution is -0.114. The van der Waals surface area contributed by atoms with Gasteiger partial charge in [-0.3, -0.25) is 4.79 Å². The summed E-state index contributed by atoms with van der Waals surface area (Å²) in [5.41, 5.74) is 3.48. The van der Waals surface area contributed by atoms with Crippen LogP contribution in [0.5, 0.6) is 0 Å². The van der Waals surface area contributed by atoms with Gasteiger partial charge < -0.3 is 15.0 Å². The lowest BCUT2D eigenvalue weighted by Crippen LogP contribution is -2.37. The van der Waals surface area contributed by atoms with Gasteiger partial charge in [0.05, 0.1) is 13.8 Å². The normalized spacial score (nSPS) is 12.5. The van der Waals surface area contributed by atoms with E-state index in [9.17, 15) is 4.79 Å². The third kappa shape index (κ3) is 6.02. The molecular formula is C22H29N3O3Si. The molecule has 0 heterocycles. The van der Waals surface area contributed by atoms with Crippen molar-refractivity contribution < 1.29 is 14.5 Å². The van der Waals surface area contributed by atoms with Gasteiger partial charge in [-0.15, -0.1) is 0 Å². The van der Waals surface area contributed by atoms with Crippen LogP contribution in [0.15, 0.2) is 58.8 Å². The van der Waals surface area contributed by atoms with Gasteiger partial charge in [0.15, 0.2) is 5.71 Å². The Bertz CT molecular complexity index is 918. The van der Waals surface area contributed by atoms with Gasteiger partial charge in [0, 0.05) is 18.2 Å². The highest BCUT2D eigenvalue weighted by Crippen LogP contribution is 2.13. The molecular weight excluding hydrogens is 382 g/mol. The molecule has 0 radical (unpaired) electrons. The minimum Gasteiger partial charge on any atom is -0.398 e. The van der Waals surface area contributed by atoms with Gasteiger partial charge in [-0.2, -0.15) is 0 Å². The van der Waals surface area contributed by atoms with Crippen molar-refractivity contribution in [2.45, 2.75) is 33.2 Å². The van der Waals surface area contributed by atoms with Crippen LogP contribution in [-0.2, 0) is 21.1 Å². The molecule has 2 aromatic rings. The standard InChI is InChI=1S/C22H29N3O3Si/c1-16(17-11-9-12-19(14-17)29(4,5)6)24-28-15-18-10-7-8-13-20(18)21(25-27-3)22(26)23-2/h7-14H,15H2,1-6H3,(H,23,26). The summed E-state index contributed by atoms with van der Waals surface area (Å²) in [6.45, 7) is 9.09. The summed E-state index contributed by atoms with van der Waals surface area (Å²) in [6.07, 6.45) is 0. The smallest absolute Gasteiger partial charge is 0.273 e. The second-order valence-corrected chi connectivity index (χ2v) is 12.7. The molecule has 0 aliphatic rings. The lowest BCUT2D eigenvalue weighted by Gasteiger charge is -2.17. The highest BCUT2D eigenvalue weighted by molar-refractivity contribution is 6.88. The van der Waals surface area contributed by atoms with Crippen LogP contribution in [0.3, 0.4) is 0 Å². The summed E-state index contributed by atoms with van der Waals surface area (Å²) >= 11 is 0. The number of oxime groups is 2. The Balaban J connectivity index is 2.21. The molecule has 6 nitrogen and oxygen atoms in total. The van der Waals surface area contributed by atoms with E-state index in [0.717, 1.165) is 16.8 Å². The predicted octanol–water partition coefficient (Wildman–Crippen LogP) is 3.27. The van der Waals surface area contributed by atoms with E-state index < -0.39 is 8.07 Å². The van der Waals surface area contributed by atoms with Crippen molar-refractivity contribution in [3.05, 3.63) is 65.2 Å². The number of hydrogen-bond donors (Lipinski definition) is 1. The van der Waals surface area contributed by atoms with Crippen molar-refractivity contribution in [2.24, 2.45) is 10.3 Å². The minimum absolute atomic E-state index is 0.192. The van der Waals surface area contributed by atoms with E-state index in [1.807, 2.05) is 31.2 Å². The van der Waals surface area contributed by atoms with Crippen LogP contribution in [-0.4, -0.2) is 39.6 Å². The average molecular weight is 412 g/mol. The first-order valence-corrected chi connectivity index (χ1v) is 13.0. The van der Waals surface area contributed by atoms with E-state index in [2.05, 4.69) is 53.5 Å². The van der Waals surface area contributed by atoms with Crippen molar-refractivity contribution in [3.8, 4) is 0 Å². The molecule has 0 bridgehead atoms. The molecule has 0 aromatic heterocycles. The maximum Gasteiger partial charge on any atom is 0.273 e. The van der Waals surface area contributed by atoms with Crippen LogP contribution in [0.2, 0.25) is 19.6 Å². The molecule has 0 aliphatic carbocycles. The quantitative estimate of drug-likeness (QED) is 0.412. The Morgan fingerprint density at radius 3 is 2.45 bits per heavy atom. The number of nitrogens with zero attached hydrogens (tertiary/aromatic N) is 2. The molecule has 1 amide bonds. The number of carbonyl (C=O) groups is 1. The van der Waals surface area contributed by atoms with Gasteiger partial charge in [0.25, 0.3) is 5.91 Å². The maximum atomic E-state index is 12.1. The van der Waals surface area contributed by atoms with Crippen molar-refractivity contribution >= 4 is 30.6 Å². The third-order valence-electron chi connectivity index (χ3n) is 4.47. The van der Waals surface area contributed by atoms with Crippen molar-refractivity contribution in [1.82, 2.24) is 5.32 Å². The zero-order valence-electron chi connectivity index (χ0n) is 17.9. The van der Waals surface area contributed by atoms with Gasteiger partial charge >= 0.3 is 0 Å². The Morgan fingerprint density at radius 2 is 1.79 bits per heavy atom. The lowest BCUT2D eigenvalue weighted by atomic mass is 10.0. The first kappa shape index (κ1) is 22.4. The fourth-order valence-electron chi connectivity index (χ4n) is 2.76. The molecule has 0 fully saturated rings. The van der Waals surface area contributed by atoms with Gasteiger partial charge in [0.1, 0.15) is 13.7 Å². The number of likely N-dealkylation sites (N-methyl/N-ethyl adjacent to an activating group) is 1. The van der Waals surface area contributed by atoms with E-state index in [0.29, 0.717) is 5.56 Å². The molecule has 2 aromatic carbocycles. The Kier molecular flexibility index (Phi) is 7.72. The summed E-state index contributed by atoms with van der Waals surface area (Å²) in [7, 11) is 1.56. The Hall–Kier alpha value is -2.93. The molecule has 0 aliphatic heterocycles. The summed E-state index contributed by atoms with van der Waals surface area (Å²) < 4.78 is 0. The first-order valence-electron chi connectivity index (χ1n) is 9.47. The van der Waals surface area contributed by atoms with E-state index >= 15 is 0 Å². The number of amides is 1. The van der Waals surface area contributed by atoms with Gasteiger partial charge in [0.2, 0.25) is 0 Å². The number of benzene rings is 2. The van der Waals surface area contributed by atoms with Crippen LogP contribution in [0.1, 0.15) is 23.6 Å². The van der Waals surface area contributed by atoms with Gasteiger partial charge in [-0.1, -0.05) is 83.7 Å². The molecule has 0 unspecified atom stereocenters. The number of carbonyl (C=O) groups excluding carboxylic acids is 1. The van der Waals surface area contributed by atoms with Crippen molar-refractivity contribution in [3.63, 3.8) is 0 Å². The van der Waals surface area contributed by atoms with E-state index in [1.54, 1.807) is 13.1 Å². The van der Waals surface area contributed by atoms with Gasteiger partial charge in [-0.05, 0) is 12.5 Å². The fourth-order valence-corrected chi connectivity index (χ4v) is 3.95. The Morgan fingerprint density at radius 1 is 1.07 bits per heavy atom. The van der Waals surface area contributed by atoms with Crippen LogP contribution >= 0.6 is 0 Å². The predicted molar refractivity (Wildman–Crippen MR) is 120 cm³/mol. The highest BCUT2D eigenvalue weighted by Gasteiger charge is 2.18. The van der Waals surface area contributed by atoms with E-state index in [1.165, 1.54) is 12.3 Å². The molecule has 0 atom stereocenters. The van der Waals surface area contributed by atoms with Crippen LogP contribution < -0.4 is 10.5 Å². The number of rotatable bonds is 8. The average Bonchev–Trinajstić information content (AvgIpc) is 2.71. The van der Waals surface area contributed by atoms with Crippen LogP contribution in [0.4, 0.5) is 0 Å². The maximum absolute atomic E-state index is 12.1. The summed E-state index contributed by atoms with van der Waals surface area (Å²) in [5.74, 6) is -0.331. The van der Waals surface area contributed by atoms with Gasteiger partial charge in [-0.25, -0.2) is 0 Å². The monoisotopic (exact) mass is 411 g/mol. The SMILES string of the molecule is CNC(=O)C(=NOC)c1ccccc1CON=C(C)c1cccc([Si](C)(C)C)c1. The second kappa shape index (κ2) is 10.0. The largest absolute Gasteiger partial charge is 0.398 e. The van der Waals surface area contributed by atoms with Crippen molar-refractivity contribution in [2.75, 3.05) is 14.2 Å². The molecule has 0 saturated heterocycles. The summed E-state index contributed by atoms with van der Waals surface area (Å²) in [5, 5.41) is 12.1. The number of hydrogen-bond acceptors (Lipinski definition) is 5. The molecule has 2 rings (SSSR count). The van der Waals surface area contributed by atoms with E-state index in [-0.39, 0.29) is 18.2 Å². The zero-order chi connectivity index (χ0) is 21.4. The minimum atomic E-state index is -1.40. The summed E-state index contributed by atoms with van der Waals surface area (Å²) in [4.78, 5) is 22.6. The Labute approximate surface area is 173 Å². The fraction of sp³-hybridized carbons (Fsp3) is 0.318. The summed E-state index contributed by atoms with van der Waals surface area (Å²) in [6, 6.07) is 15.9. The molecule has 0 saturated carbocycles. The van der Waals surface area contributed by atoms with Crippen LogP contribution in [0.25, 0.3) is 0 Å². The molecule has 1 N–H and O–H groups in total. The molecule has 0 spiro atoms. The highest BCUT2D eigenvalue weighted by atomic mass is 28.3. The van der Waals surface area contributed by atoms with Crippen molar-refractivity contribution in [1.29, 1.82) is 0 Å². The molecule has 154 valence electrons. The molecule has 7 heteroatoms. The zero-order valence-corrected chi connectivity index (χ0v) is 18.9. The third-order valence-corrected chi connectivity index (χ3v) is 6.51. The number of nitrogens with one attached hydrogen (secondary N) is 1.